The predicted molar refractivity (Wildman–Crippen MR) is 67.6 cm³/mol. The Labute approximate surface area is 96.4 Å². The van der Waals surface area contributed by atoms with Gasteiger partial charge in [-0.05, 0) is 32.0 Å². The molecule has 0 aromatic carbocycles. The van der Waals surface area contributed by atoms with Crippen LogP contribution in [0.3, 0.4) is 0 Å². The highest BCUT2D eigenvalue weighted by Crippen LogP contribution is 2.04. The third-order valence-electron chi connectivity index (χ3n) is 2.53. The van der Waals surface area contributed by atoms with Crippen LogP contribution in [0.4, 0.5) is 0 Å². The van der Waals surface area contributed by atoms with Crippen LogP contribution in [0, 0.1) is 0 Å². The summed E-state index contributed by atoms with van der Waals surface area (Å²) in [5.41, 5.74) is 0. The van der Waals surface area contributed by atoms with E-state index in [-0.39, 0.29) is 0 Å². The lowest BCUT2D eigenvalue weighted by Crippen LogP contribution is -2.19. The van der Waals surface area contributed by atoms with Gasteiger partial charge >= 0.3 is 9.28 Å². The Kier molecular flexibility index (Phi) is 12.2. The van der Waals surface area contributed by atoms with E-state index < -0.39 is 9.28 Å². The Hall–Kier alpha value is 0.0969. The summed E-state index contributed by atoms with van der Waals surface area (Å²) in [6.45, 7) is 4.55. The second kappa shape index (κ2) is 12.2. The highest BCUT2D eigenvalue weighted by molar-refractivity contribution is 6.44. The van der Waals surface area contributed by atoms with E-state index >= 15 is 0 Å². The Morgan fingerprint density at radius 1 is 0.933 bits per heavy atom. The van der Waals surface area contributed by atoms with Crippen LogP contribution in [0.5, 0.6) is 0 Å². The molecule has 0 aliphatic rings. The van der Waals surface area contributed by atoms with E-state index in [0.29, 0.717) is 0 Å². The first-order valence-corrected chi connectivity index (χ1v) is 7.87. The summed E-state index contributed by atoms with van der Waals surface area (Å²) >= 11 is 0. The molecule has 0 spiro atoms. The van der Waals surface area contributed by atoms with E-state index in [4.69, 9.17) is 8.85 Å². The third-order valence-corrected chi connectivity index (χ3v) is 4.46. The molecule has 4 heteroatoms. The van der Waals surface area contributed by atoms with E-state index in [0.717, 1.165) is 12.6 Å². The monoisotopic (exact) mass is 233 g/mol. The molecule has 0 aliphatic heterocycles. The normalized spacial score (nSPS) is 11.2. The fraction of sp³-hybridized carbons (Fsp3) is 1.00. The van der Waals surface area contributed by atoms with Crippen molar-refractivity contribution in [3.05, 3.63) is 0 Å². The molecule has 1 N–H and O–H groups in total. The van der Waals surface area contributed by atoms with Crippen LogP contribution in [0.1, 0.15) is 39.0 Å². The van der Waals surface area contributed by atoms with Gasteiger partial charge in [-0.1, -0.05) is 26.2 Å². The Bertz CT molecular complexity index is 121. The van der Waals surface area contributed by atoms with Crippen molar-refractivity contribution in [2.75, 3.05) is 27.3 Å². The SMILES string of the molecule is CCCCNCCCCC[SiH](OC)OC. The molecule has 0 fully saturated rings. The van der Waals surface area contributed by atoms with Crippen LogP contribution in [-0.4, -0.2) is 36.6 Å². The van der Waals surface area contributed by atoms with Crippen molar-refractivity contribution in [3.63, 3.8) is 0 Å². The van der Waals surface area contributed by atoms with Crippen LogP contribution in [0.2, 0.25) is 6.04 Å². The lowest BCUT2D eigenvalue weighted by atomic mass is 10.2. The highest BCUT2D eigenvalue weighted by Gasteiger charge is 2.07. The average Bonchev–Trinajstić information content (AvgIpc) is 2.27. The number of rotatable bonds is 11. The Morgan fingerprint density at radius 2 is 1.60 bits per heavy atom. The van der Waals surface area contributed by atoms with E-state index in [1.807, 2.05) is 0 Å². The van der Waals surface area contributed by atoms with Crippen LogP contribution in [0.15, 0.2) is 0 Å². The van der Waals surface area contributed by atoms with Gasteiger partial charge in [-0.25, -0.2) is 0 Å². The van der Waals surface area contributed by atoms with Crippen molar-refractivity contribution < 1.29 is 8.85 Å². The summed E-state index contributed by atoms with van der Waals surface area (Å²) in [4.78, 5) is 0. The topological polar surface area (TPSA) is 30.5 Å². The maximum absolute atomic E-state index is 5.26. The van der Waals surface area contributed by atoms with E-state index in [1.54, 1.807) is 14.2 Å². The fourth-order valence-electron chi connectivity index (χ4n) is 1.50. The number of unbranched alkanes of at least 4 members (excludes halogenated alkanes) is 3. The third kappa shape index (κ3) is 10.4. The molecule has 0 heterocycles. The van der Waals surface area contributed by atoms with Crippen molar-refractivity contribution in [2.24, 2.45) is 0 Å². The summed E-state index contributed by atoms with van der Waals surface area (Å²) in [5.74, 6) is 0. The van der Waals surface area contributed by atoms with Gasteiger partial charge in [0, 0.05) is 14.2 Å². The summed E-state index contributed by atoms with van der Waals surface area (Å²) in [7, 11) is 2.23. The summed E-state index contributed by atoms with van der Waals surface area (Å²) in [5, 5.41) is 3.45. The predicted octanol–water partition coefficient (Wildman–Crippen LogP) is 2.06. The fourth-order valence-corrected chi connectivity index (χ4v) is 2.78. The molecule has 0 saturated carbocycles. The van der Waals surface area contributed by atoms with Gasteiger partial charge < -0.3 is 14.2 Å². The standard InChI is InChI=1S/C11H27NO2Si/c1-4-5-9-12-10-7-6-8-11-15(13-2)14-3/h12,15H,4-11H2,1-3H3. The number of hydrogen-bond acceptors (Lipinski definition) is 3. The smallest absolute Gasteiger partial charge is 0.320 e. The minimum absolute atomic E-state index is 1.14. The van der Waals surface area contributed by atoms with Gasteiger partial charge in [0.15, 0.2) is 0 Å². The molecule has 0 rings (SSSR count). The summed E-state index contributed by atoms with van der Waals surface area (Å²) in [6.07, 6.45) is 6.38. The molecule has 0 unspecified atom stereocenters. The largest absolute Gasteiger partial charge is 0.400 e. The van der Waals surface area contributed by atoms with Gasteiger partial charge in [-0.3, -0.25) is 0 Å². The van der Waals surface area contributed by atoms with Crippen molar-refractivity contribution in [3.8, 4) is 0 Å². The lowest BCUT2D eigenvalue weighted by Gasteiger charge is -2.10. The second-order valence-electron chi connectivity index (χ2n) is 3.85. The van der Waals surface area contributed by atoms with Crippen molar-refractivity contribution in [1.82, 2.24) is 5.32 Å². The van der Waals surface area contributed by atoms with Crippen molar-refractivity contribution >= 4 is 9.28 Å². The zero-order chi connectivity index (χ0) is 11.4. The van der Waals surface area contributed by atoms with Gasteiger partial charge in [-0.2, -0.15) is 0 Å². The molecule has 92 valence electrons. The first kappa shape index (κ1) is 15.1. The van der Waals surface area contributed by atoms with Gasteiger partial charge in [0.05, 0.1) is 0 Å². The molecular formula is C11H27NO2Si. The first-order chi connectivity index (χ1) is 7.35. The summed E-state index contributed by atoms with van der Waals surface area (Å²) in [6, 6.07) is 1.14. The minimum Gasteiger partial charge on any atom is -0.400 e. The van der Waals surface area contributed by atoms with Gasteiger partial charge in [-0.15, -0.1) is 0 Å². The zero-order valence-electron chi connectivity index (χ0n) is 10.6. The van der Waals surface area contributed by atoms with E-state index in [2.05, 4.69) is 12.2 Å². The van der Waals surface area contributed by atoms with Crippen molar-refractivity contribution in [1.29, 1.82) is 0 Å². The molecule has 0 aromatic heterocycles. The van der Waals surface area contributed by atoms with E-state index in [9.17, 15) is 0 Å². The maximum Gasteiger partial charge on any atom is 0.320 e. The Balaban J connectivity index is 3.04. The van der Waals surface area contributed by atoms with Gasteiger partial charge in [0.25, 0.3) is 0 Å². The molecule has 0 aliphatic carbocycles. The zero-order valence-corrected chi connectivity index (χ0v) is 11.7. The van der Waals surface area contributed by atoms with Gasteiger partial charge in [0.1, 0.15) is 0 Å². The van der Waals surface area contributed by atoms with Gasteiger partial charge in [0.2, 0.25) is 0 Å². The molecule has 3 nitrogen and oxygen atoms in total. The quantitative estimate of drug-likeness (QED) is 0.438. The molecule has 0 aromatic rings. The first-order valence-electron chi connectivity index (χ1n) is 6.11. The molecule has 15 heavy (non-hydrogen) atoms. The van der Waals surface area contributed by atoms with Crippen LogP contribution < -0.4 is 5.32 Å². The summed E-state index contributed by atoms with van der Waals surface area (Å²) < 4.78 is 10.5. The molecule has 0 saturated heterocycles. The molecule has 0 amide bonds. The van der Waals surface area contributed by atoms with E-state index in [1.165, 1.54) is 38.6 Å². The molecule has 0 bridgehead atoms. The minimum atomic E-state index is -1.28. The maximum atomic E-state index is 5.26. The van der Waals surface area contributed by atoms with Crippen LogP contribution in [0.25, 0.3) is 0 Å². The second-order valence-corrected chi connectivity index (χ2v) is 6.23. The molecule has 0 atom stereocenters. The average molecular weight is 233 g/mol. The highest BCUT2D eigenvalue weighted by atomic mass is 28.3. The number of hydrogen-bond donors (Lipinski definition) is 1. The van der Waals surface area contributed by atoms with Crippen LogP contribution >= 0.6 is 0 Å². The van der Waals surface area contributed by atoms with Crippen molar-refractivity contribution in [2.45, 2.75) is 45.1 Å². The Morgan fingerprint density at radius 3 is 2.20 bits per heavy atom. The number of nitrogens with one attached hydrogen (secondary N) is 1. The van der Waals surface area contributed by atoms with Crippen LogP contribution in [-0.2, 0) is 8.85 Å². The molecular weight excluding hydrogens is 206 g/mol. The lowest BCUT2D eigenvalue weighted by molar-refractivity contribution is 0.276. The molecule has 0 radical (unpaired) electrons.